The van der Waals surface area contributed by atoms with Gasteiger partial charge in [0.2, 0.25) is 0 Å². The van der Waals surface area contributed by atoms with Crippen molar-refractivity contribution in [3.63, 3.8) is 0 Å². The predicted octanol–water partition coefficient (Wildman–Crippen LogP) is 3.61. The molecule has 3 heteroatoms. The lowest BCUT2D eigenvalue weighted by molar-refractivity contribution is 0.155. The van der Waals surface area contributed by atoms with Crippen molar-refractivity contribution in [2.24, 2.45) is 5.73 Å². The van der Waals surface area contributed by atoms with Crippen molar-refractivity contribution >= 4 is 0 Å². The first kappa shape index (κ1) is 13.1. The lowest BCUT2D eigenvalue weighted by Crippen LogP contribution is -2.31. The maximum absolute atomic E-state index is 13.7. The van der Waals surface area contributed by atoms with Gasteiger partial charge in [-0.3, -0.25) is 0 Å². The zero-order valence-electron chi connectivity index (χ0n) is 11.3. The van der Waals surface area contributed by atoms with E-state index in [0.29, 0.717) is 0 Å². The number of aryl methyl sites for hydroxylation is 1. The summed E-state index contributed by atoms with van der Waals surface area (Å²) < 4.78 is 19.5. The summed E-state index contributed by atoms with van der Waals surface area (Å²) in [5.74, 6) is -0.0513. The Morgan fingerprint density at radius 1 is 1.05 bits per heavy atom. The fourth-order valence-corrected chi connectivity index (χ4v) is 2.80. The third kappa shape index (κ3) is 2.54. The molecule has 0 aromatic heterocycles. The normalized spacial score (nSPS) is 21.9. The Balaban J connectivity index is 1.86. The lowest BCUT2D eigenvalue weighted by Gasteiger charge is -2.24. The van der Waals surface area contributed by atoms with E-state index in [4.69, 9.17) is 10.5 Å². The van der Waals surface area contributed by atoms with Gasteiger partial charge in [-0.25, -0.2) is 4.39 Å². The van der Waals surface area contributed by atoms with E-state index in [-0.39, 0.29) is 23.7 Å². The number of benzene rings is 2. The maximum atomic E-state index is 13.7. The van der Waals surface area contributed by atoms with Crippen LogP contribution >= 0.6 is 0 Å². The molecule has 0 aliphatic heterocycles. The smallest absolute Gasteiger partial charge is 0.165 e. The van der Waals surface area contributed by atoms with Crippen molar-refractivity contribution in [3.05, 3.63) is 65.5 Å². The lowest BCUT2D eigenvalue weighted by atomic mass is 9.98. The summed E-state index contributed by atoms with van der Waals surface area (Å²) in [4.78, 5) is 0. The summed E-state index contributed by atoms with van der Waals surface area (Å²) in [6.07, 6.45) is 2.66. The number of ether oxygens (including phenoxy) is 1. The van der Waals surface area contributed by atoms with Crippen LogP contribution in [0, 0.1) is 5.82 Å². The van der Waals surface area contributed by atoms with Crippen molar-refractivity contribution in [1.82, 2.24) is 0 Å². The Morgan fingerprint density at radius 3 is 2.65 bits per heavy atom. The maximum Gasteiger partial charge on any atom is 0.165 e. The summed E-state index contributed by atoms with van der Waals surface area (Å²) in [7, 11) is 0. The number of hydrogen-bond acceptors (Lipinski definition) is 2. The minimum absolute atomic E-state index is 0.185. The second kappa shape index (κ2) is 5.63. The molecule has 0 amide bonds. The van der Waals surface area contributed by atoms with E-state index in [9.17, 15) is 4.39 Å². The second-order valence-electron chi connectivity index (χ2n) is 5.20. The van der Waals surface area contributed by atoms with Gasteiger partial charge >= 0.3 is 0 Å². The first-order valence-electron chi connectivity index (χ1n) is 7.00. The molecule has 0 bridgehead atoms. The largest absolute Gasteiger partial charge is 0.485 e. The van der Waals surface area contributed by atoms with E-state index in [1.165, 1.54) is 11.6 Å². The standard InChI is InChI=1S/C17H18FNO/c18-14-9-3-4-10-15(14)20-16-11-5-7-12-6-1-2-8-13(12)17(16)19/h1-4,6,8-10,16-17H,5,7,11,19H2. The molecule has 2 N–H and O–H groups in total. The SMILES string of the molecule is NC1c2ccccc2CCCC1Oc1ccccc1F. The summed E-state index contributed by atoms with van der Waals surface area (Å²) >= 11 is 0. The van der Waals surface area contributed by atoms with Gasteiger partial charge in [0.1, 0.15) is 6.10 Å². The monoisotopic (exact) mass is 271 g/mol. The minimum Gasteiger partial charge on any atom is -0.485 e. The van der Waals surface area contributed by atoms with Crippen molar-refractivity contribution in [1.29, 1.82) is 0 Å². The van der Waals surface area contributed by atoms with Gasteiger partial charge < -0.3 is 10.5 Å². The molecule has 1 aliphatic rings. The number of halogens is 1. The molecule has 0 fully saturated rings. The third-order valence-electron chi connectivity index (χ3n) is 3.86. The van der Waals surface area contributed by atoms with Crippen LogP contribution < -0.4 is 10.5 Å². The highest BCUT2D eigenvalue weighted by Gasteiger charge is 2.26. The third-order valence-corrected chi connectivity index (χ3v) is 3.86. The zero-order valence-corrected chi connectivity index (χ0v) is 11.3. The van der Waals surface area contributed by atoms with E-state index >= 15 is 0 Å². The van der Waals surface area contributed by atoms with Crippen LogP contribution in [0.25, 0.3) is 0 Å². The Kier molecular flexibility index (Phi) is 3.70. The summed E-state index contributed by atoms with van der Waals surface area (Å²) in [5.41, 5.74) is 8.74. The van der Waals surface area contributed by atoms with Crippen LogP contribution in [0.4, 0.5) is 4.39 Å². The van der Waals surface area contributed by atoms with Gasteiger partial charge in [0, 0.05) is 0 Å². The molecule has 0 heterocycles. The Hall–Kier alpha value is -1.87. The van der Waals surface area contributed by atoms with Gasteiger partial charge in [-0.05, 0) is 42.5 Å². The summed E-state index contributed by atoms with van der Waals surface area (Å²) in [6.45, 7) is 0. The van der Waals surface area contributed by atoms with Gasteiger partial charge in [-0.15, -0.1) is 0 Å². The highest BCUT2D eigenvalue weighted by atomic mass is 19.1. The Bertz CT molecular complexity index is 599. The topological polar surface area (TPSA) is 35.2 Å². The van der Waals surface area contributed by atoms with Crippen LogP contribution in [0.1, 0.15) is 30.0 Å². The van der Waals surface area contributed by atoms with Crippen molar-refractivity contribution in [2.45, 2.75) is 31.4 Å². The zero-order chi connectivity index (χ0) is 13.9. The van der Waals surface area contributed by atoms with Crippen molar-refractivity contribution in [3.8, 4) is 5.75 Å². The molecular formula is C17H18FNO. The number of nitrogens with two attached hydrogens (primary N) is 1. The van der Waals surface area contributed by atoms with Crippen LogP contribution in [0.2, 0.25) is 0 Å². The number of hydrogen-bond donors (Lipinski definition) is 1. The Morgan fingerprint density at radius 2 is 1.80 bits per heavy atom. The number of fused-ring (bicyclic) bond motifs is 1. The Labute approximate surface area is 118 Å². The number of para-hydroxylation sites is 1. The molecule has 2 aromatic carbocycles. The first-order valence-corrected chi connectivity index (χ1v) is 7.00. The van der Waals surface area contributed by atoms with Crippen molar-refractivity contribution < 1.29 is 9.13 Å². The quantitative estimate of drug-likeness (QED) is 0.847. The van der Waals surface area contributed by atoms with Gasteiger partial charge in [0.15, 0.2) is 11.6 Å². The summed E-state index contributed by atoms with van der Waals surface area (Å²) in [5, 5.41) is 0. The molecular weight excluding hydrogens is 253 g/mol. The van der Waals surface area contributed by atoms with Crippen LogP contribution in [0.15, 0.2) is 48.5 Å². The van der Waals surface area contributed by atoms with Crippen LogP contribution in [-0.2, 0) is 6.42 Å². The number of rotatable bonds is 2. The molecule has 20 heavy (non-hydrogen) atoms. The van der Waals surface area contributed by atoms with E-state index in [1.807, 2.05) is 18.2 Å². The average molecular weight is 271 g/mol. The molecule has 1 aliphatic carbocycles. The molecule has 2 unspecified atom stereocenters. The van der Waals surface area contributed by atoms with E-state index < -0.39 is 0 Å². The molecule has 2 nitrogen and oxygen atoms in total. The van der Waals surface area contributed by atoms with Gasteiger partial charge in [-0.1, -0.05) is 36.4 Å². The fraction of sp³-hybridized carbons (Fsp3) is 0.294. The van der Waals surface area contributed by atoms with Gasteiger partial charge in [-0.2, -0.15) is 0 Å². The fourth-order valence-electron chi connectivity index (χ4n) is 2.80. The van der Waals surface area contributed by atoms with Gasteiger partial charge in [0.25, 0.3) is 0 Å². The molecule has 0 saturated heterocycles. The van der Waals surface area contributed by atoms with E-state index in [1.54, 1.807) is 18.2 Å². The average Bonchev–Trinajstić information content (AvgIpc) is 2.62. The highest BCUT2D eigenvalue weighted by Crippen LogP contribution is 2.30. The first-order chi connectivity index (χ1) is 9.75. The van der Waals surface area contributed by atoms with E-state index in [2.05, 4.69) is 6.07 Å². The molecule has 104 valence electrons. The minimum atomic E-state index is -0.336. The van der Waals surface area contributed by atoms with Crippen LogP contribution in [0.3, 0.4) is 0 Å². The van der Waals surface area contributed by atoms with E-state index in [0.717, 1.165) is 24.8 Å². The molecule has 2 aromatic rings. The molecule has 3 rings (SSSR count). The molecule has 0 saturated carbocycles. The second-order valence-corrected chi connectivity index (χ2v) is 5.20. The molecule has 0 spiro atoms. The van der Waals surface area contributed by atoms with Crippen LogP contribution in [-0.4, -0.2) is 6.10 Å². The molecule has 0 radical (unpaired) electrons. The summed E-state index contributed by atoms with van der Waals surface area (Å²) in [6, 6.07) is 14.5. The van der Waals surface area contributed by atoms with Crippen LogP contribution in [0.5, 0.6) is 5.75 Å². The highest BCUT2D eigenvalue weighted by molar-refractivity contribution is 5.32. The predicted molar refractivity (Wildman–Crippen MR) is 77.1 cm³/mol. The molecule has 2 atom stereocenters. The van der Waals surface area contributed by atoms with Crippen molar-refractivity contribution in [2.75, 3.05) is 0 Å². The van der Waals surface area contributed by atoms with Gasteiger partial charge in [0.05, 0.1) is 6.04 Å².